The molecule has 7 nitrogen and oxygen atoms in total. The fourth-order valence-corrected chi connectivity index (χ4v) is 5.32. The Bertz CT molecular complexity index is 1400. The molecule has 1 aliphatic carbocycles. The minimum atomic E-state index is -0.510. The van der Waals surface area contributed by atoms with Gasteiger partial charge in [-0.3, -0.25) is 18.7 Å². The van der Waals surface area contributed by atoms with E-state index in [-0.39, 0.29) is 24.9 Å². The van der Waals surface area contributed by atoms with Crippen LogP contribution in [0.2, 0.25) is 0 Å². The van der Waals surface area contributed by atoms with Crippen molar-refractivity contribution in [2.24, 2.45) is 0 Å². The fourth-order valence-electron chi connectivity index (χ4n) is 4.52. The topological polar surface area (TPSA) is 78.9 Å². The number of ketones is 1. The quantitative estimate of drug-likeness (QED) is 0.421. The molecule has 0 unspecified atom stereocenters. The van der Waals surface area contributed by atoms with E-state index in [9.17, 15) is 14.4 Å². The van der Waals surface area contributed by atoms with Gasteiger partial charge in [0, 0.05) is 10.9 Å². The zero-order valence-corrected chi connectivity index (χ0v) is 18.7. The summed E-state index contributed by atoms with van der Waals surface area (Å²) >= 11 is 1.37. The van der Waals surface area contributed by atoms with Crippen LogP contribution in [0.5, 0.6) is 0 Å². The van der Waals surface area contributed by atoms with Crippen LogP contribution < -0.4 is 11.2 Å². The second kappa shape index (κ2) is 8.35. The van der Waals surface area contributed by atoms with Crippen molar-refractivity contribution in [1.29, 1.82) is 0 Å². The van der Waals surface area contributed by atoms with E-state index in [0.29, 0.717) is 16.0 Å². The highest BCUT2D eigenvalue weighted by Crippen LogP contribution is 2.31. The first-order chi connectivity index (χ1) is 15.5. The van der Waals surface area contributed by atoms with Crippen molar-refractivity contribution >= 4 is 28.3 Å². The average Bonchev–Trinajstić information content (AvgIpc) is 3.55. The molecule has 0 bridgehead atoms. The molecule has 3 heterocycles. The Hall–Kier alpha value is -3.26. The first-order valence-electron chi connectivity index (χ1n) is 10.9. The molecule has 1 saturated carbocycles. The summed E-state index contributed by atoms with van der Waals surface area (Å²) in [5, 5.41) is 0. The van der Waals surface area contributed by atoms with Gasteiger partial charge in [0.05, 0.1) is 24.3 Å². The van der Waals surface area contributed by atoms with Crippen molar-refractivity contribution < 1.29 is 4.79 Å². The molecular formula is C24H24N4O3S. The summed E-state index contributed by atoms with van der Waals surface area (Å²) in [4.78, 5) is 45.9. The van der Waals surface area contributed by atoms with E-state index in [2.05, 4.69) is 4.98 Å². The van der Waals surface area contributed by atoms with Gasteiger partial charge in [0.1, 0.15) is 0 Å². The van der Waals surface area contributed by atoms with Gasteiger partial charge in [-0.25, -0.2) is 9.78 Å². The second-order valence-electron chi connectivity index (χ2n) is 8.34. The Kier molecular flexibility index (Phi) is 5.38. The SMILES string of the molecule is Cc1ccc(C(=O)Cn2c(=O)c3c(ncn3C3CCCC3)n(Cc3ccccc3)c2=O)s1. The lowest BCUT2D eigenvalue weighted by atomic mass is 10.2. The molecule has 164 valence electrons. The molecule has 0 radical (unpaired) electrons. The lowest BCUT2D eigenvalue weighted by Crippen LogP contribution is -2.42. The second-order valence-corrected chi connectivity index (χ2v) is 9.63. The van der Waals surface area contributed by atoms with E-state index in [1.807, 2.05) is 47.9 Å². The number of nitrogens with zero attached hydrogens (tertiary/aromatic N) is 4. The Balaban J connectivity index is 1.68. The van der Waals surface area contributed by atoms with Crippen LogP contribution in [0.1, 0.15) is 51.8 Å². The molecule has 5 rings (SSSR count). The molecule has 0 aliphatic heterocycles. The zero-order valence-electron chi connectivity index (χ0n) is 17.9. The minimum absolute atomic E-state index is 0.194. The van der Waals surface area contributed by atoms with E-state index in [4.69, 9.17) is 0 Å². The van der Waals surface area contributed by atoms with Crippen molar-refractivity contribution in [3.05, 3.63) is 84.9 Å². The molecule has 0 N–H and O–H groups in total. The van der Waals surface area contributed by atoms with Crippen molar-refractivity contribution in [2.45, 2.75) is 51.7 Å². The highest BCUT2D eigenvalue weighted by Gasteiger charge is 2.25. The fraction of sp³-hybridized carbons (Fsp3) is 0.333. The Morgan fingerprint density at radius 2 is 1.81 bits per heavy atom. The third-order valence-corrected chi connectivity index (χ3v) is 7.20. The molecule has 4 aromatic rings. The van der Waals surface area contributed by atoms with E-state index >= 15 is 0 Å². The molecule has 32 heavy (non-hydrogen) atoms. The summed E-state index contributed by atoms with van der Waals surface area (Å²) in [5.41, 5.74) is 0.760. The maximum atomic E-state index is 13.5. The highest BCUT2D eigenvalue weighted by molar-refractivity contribution is 7.14. The lowest BCUT2D eigenvalue weighted by Gasteiger charge is -2.15. The Morgan fingerprint density at radius 1 is 1.06 bits per heavy atom. The van der Waals surface area contributed by atoms with Crippen LogP contribution in [0.25, 0.3) is 11.2 Å². The van der Waals surface area contributed by atoms with Gasteiger partial charge in [-0.05, 0) is 37.5 Å². The van der Waals surface area contributed by atoms with Gasteiger partial charge in [0.15, 0.2) is 16.9 Å². The van der Waals surface area contributed by atoms with Crippen LogP contribution in [0.15, 0.2) is 58.4 Å². The summed E-state index contributed by atoms with van der Waals surface area (Å²) in [6.45, 7) is 1.93. The van der Waals surface area contributed by atoms with E-state index < -0.39 is 11.2 Å². The molecule has 3 aromatic heterocycles. The van der Waals surface area contributed by atoms with Crippen LogP contribution in [-0.4, -0.2) is 24.5 Å². The van der Waals surface area contributed by atoms with Gasteiger partial charge >= 0.3 is 5.69 Å². The summed E-state index contributed by atoms with van der Waals surface area (Å²) in [5.74, 6) is -0.236. The monoisotopic (exact) mass is 448 g/mol. The number of Topliss-reactive ketones (excluding diaryl/α,β-unsaturated/α-hetero) is 1. The normalized spacial score (nSPS) is 14.4. The van der Waals surface area contributed by atoms with Gasteiger partial charge in [-0.1, -0.05) is 43.2 Å². The summed E-state index contributed by atoms with van der Waals surface area (Å²) in [7, 11) is 0. The Morgan fingerprint density at radius 3 is 2.50 bits per heavy atom. The average molecular weight is 449 g/mol. The van der Waals surface area contributed by atoms with Crippen LogP contribution >= 0.6 is 11.3 Å². The number of aryl methyl sites for hydroxylation is 1. The van der Waals surface area contributed by atoms with Crippen LogP contribution in [0, 0.1) is 6.92 Å². The number of rotatable bonds is 6. The van der Waals surface area contributed by atoms with Gasteiger partial charge in [-0.15, -0.1) is 11.3 Å². The smallest absolute Gasteiger partial charge is 0.322 e. The molecule has 1 aliphatic rings. The standard InChI is InChI=1S/C24H24N4O3S/c1-16-11-12-20(32-16)19(29)14-27-23(30)21-22(25-15-28(21)18-9-5-6-10-18)26(24(27)31)13-17-7-3-2-4-8-17/h2-4,7-8,11-12,15,18H,5-6,9-10,13-14H2,1H3. The van der Waals surface area contributed by atoms with Gasteiger partial charge in [-0.2, -0.15) is 0 Å². The first kappa shape index (κ1) is 20.6. The number of carbonyl (C=O) groups excluding carboxylic acids is 1. The molecule has 0 spiro atoms. The number of imidazole rings is 1. The number of aromatic nitrogens is 4. The maximum Gasteiger partial charge on any atom is 0.333 e. The van der Waals surface area contributed by atoms with Gasteiger partial charge in [0.2, 0.25) is 0 Å². The van der Waals surface area contributed by atoms with Crippen molar-refractivity contribution in [3.63, 3.8) is 0 Å². The molecule has 8 heteroatoms. The predicted molar refractivity (Wildman–Crippen MR) is 125 cm³/mol. The molecule has 1 aromatic carbocycles. The zero-order chi connectivity index (χ0) is 22.2. The summed E-state index contributed by atoms with van der Waals surface area (Å²) in [6.07, 6.45) is 5.86. The number of carbonyl (C=O) groups is 1. The highest BCUT2D eigenvalue weighted by atomic mass is 32.1. The third kappa shape index (κ3) is 3.64. The number of hydrogen-bond acceptors (Lipinski definition) is 5. The third-order valence-electron chi connectivity index (χ3n) is 6.16. The molecule has 1 fully saturated rings. The van der Waals surface area contributed by atoms with Crippen molar-refractivity contribution in [3.8, 4) is 0 Å². The van der Waals surface area contributed by atoms with Crippen molar-refractivity contribution in [2.75, 3.05) is 0 Å². The lowest BCUT2D eigenvalue weighted by molar-refractivity contribution is 0.0972. The first-order valence-corrected chi connectivity index (χ1v) is 11.7. The van der Waals surface area contributed by atoms with Gasteiger partial charge in [0.25, 0.3) is 5.56 Å². The summed E-state index contributed by atoms with van der Waals surface area (Å²) in [6, 6.07) is 13.4. The largest absolute Gasteiger partial charge is 0.333 e. The summed E-state index contributed by atoms with van der Waals surface area (Å²) < 4.78 is 4.52. The van der Waals surface area contributed by atoms with Crippen LogP contribution in [0.3, 0.4) is 0 Å². The molecule has 0 saturated heterocycles. The molecule has 0 amide bonds. The number of benzene rings is 1. The number of thiophene rings is 1. The molecular weight excluding hydrogens is 424 g/mol. The minimum Gasteiger partial charge on any atom is -0.322 e. The van der Waals surface area contributed by atoms with Crippen LogP contribution in [0.4, 0.5) is 0 Å². The molecule has 0 atom stereocenters. The van der Waals surface area contributed by atoms with Crippen LogP contribution in [-0.2, 0) is 13.1 Å². The van der Waals surface area contributed by atoms with E-state index in [1.54, 1.807) is 12.4 Å². The van der Waals surface area contributed by atoms with E-state index in [1.165, 1.54) is 15.9 Å². The van der Waals surface area contributed by atoms with Crippen molar-refractivity contribution in [1.82, 2.24) is 18.7 Å². The number of fused-ring (bicyclic) bond motifs is 1. The Labute approximate surface area is 188 Å². The predicted octanol–water partition coefficient (Wildman–Crippen LogP) is 3.78. The van der Waals surface area contributed by atoms with E-state index in [0.717, 1.165) is 40.7 Å². The number of hydrogen-bond donors (Lipinski definition) is 0. The van der Waals surface area contributed by atoms with Gasteiger partial charge < -0.3 is 4.57 Å². The maximum absolute atomic E-state index is 13.5.